The standard InChI is InChI=1S/C12H15ClN2S/c1-3-8(2)7-15-11-6-9(13)4-5-10(11)14-12(15)16/h4-6,8H,3,7H2,1-2H3,(H,14,16). The summed E-state index contributed by atoms with van der Waals surface area (Å²) in [6.07, 6.45) is 1.15. The van der Waals surface area contributed by atoms with Crippen LogP contribution < -0.4 is 0 Å². The first-order chi connectivity index (χ1) is 7.61. The molecular weight excluding hydrogens is 240 g/mol. The van der Waals surface area contributed by atoms with Gasteiger partial charge in [-0.25, -0.2) is 0 Å². The van der Waals surface area contributed by atoms with Crippen LogP contribution in [0.3, 0.4) is 0 Å². The predicted molar refractivity (Wildman–Crippen MR) is 71.6 cm³/mol. The van der Waals surface area contributed by atoms with Crippen molar-refractivity contribution < 1.29 is 0 Å². The lowest BCUT2D eigenvalue weighted by Crippen LogP contribution is -2.06. The molecule has 0 bridgehead atoms. The van der Waals surface area contributed by atoms with E-state index in [2.05, 4.69) is 23.4 Å². The van der Waals surface area contributed by atoms with Crippen molar-refractivity contribution in [1.29, 1.82) is 0 Å². The molecule has 16 heavy (non-hydrogen) atoms. The minimum Gasteiger partial charge on any atom is -0.331 e. The van der Waals surface area contributed by atoms with Gasteiger partial charge in [0.1, 0.15) is 0 Å². The topological polar surface area (TPSA) is 20.7 Å². The van der Waals surface area contributed by atoms with Gasteiger partial charge in [0.05, 0.1) is 11.0 Å². The van der Waals surface area contributed by atoms with Crippen LogP contribution in [-0.4, -0.2) is 9.55 Å². The number of rotatable bonds is 3. The number of aromatic amines is 1. The molecule has 1 aromatic carbocycles. The Balaban J connectivity index is 2.54. The van der Waals surface area contributed by atoms with Crippen LogP contribution in [0.25, 0.3) is 11.0 Å². The second-order valence-electron chi connectivity index (χ2n) is 4.22. The van der Waals surface area contributed by atoms with Crippen LogP contribution in [0.1, 0.15) is 20.3 Å². The van der Waals surface area contributed by atoms with Crippen LogP contribution in [0.4, 0.5) is 0 Å². The smallest absolute Gasteiger partial charge is 0.178 e. The number of imidazole rings is 1. The van der Waals surface area contributed by atoms with Gasteiger partial charge in [-0.3, -0.25) is 0 Å². The summed E-state index contributed by atoms with van der Waals surface area (Å²) in [5.74, 6) is 0.615. The summed E-state index contributed by atoms with van der Waals surface area (Å²) < 4.78 is 2.91. The third kappa shape index (κ3) is 2.15. The monoisotopic (exact) mass is 254 g/mol. The van der Waals surface area contributed by atoms with E-state index in [0.29, 0.717) is 5.92 Å². The summed E-state index contributed by atoms with van der Waals surface area (Å²) in [6, 6.07) is 5.81. The first-order valence-electron chi connectivity index (χ1n) is 5.50. The molecule has 0 radical (unpaired) electrons. The number of benzene rings is 1. The zero-order valence-electron chi connectivity index (χ0n) is 9.46. The minimum absolute atomic E-state index is 0.615. The van der Waals surface area contributed by atoms with E-state index in [-0.39, 0.29) is 0 Å². The normalized spacial score (nSPS) is 13.2. The highest BCUT2D eigenvalue weighted by atomic mass is 35.5. The van der Waals surface area contributed by atoms with Gasteiger partial charge in [0.2, 0.25) is 0 Å². The number of nitrogens with one attached hydrogen (secondary N) is 1. The molecule has 1 atom stereocenters. The Morgan fingerprint density at radius 2 is 2.25 bits per heavy atom. The molecular formula is C12H15ClN2S. The SMILES string of the molecule is CCC(C)Cn1c(=S)[nH]c2ccc(Cl)cc21. The van der Waals surface area contributed by atoms with Gasteiger partial charge >= 0.3 is 0 Å². The van der Waals surface area contributed by atoms with Gasteiger partial charge in [-0.05, 0) is 36.3 Å². The van der Waals surface area contributed by atoms with Crippen molar-refractivity contribution in [2.45, 2.75) is 26.8 Å². The Bertz CT molecular complexity index is 556. The minimum atomic E-state index is 0.615. The van der Waals surface area contributed by atoms with Crippen LogP contribution in [0.5, 0.6) is 0 Å². The average Bonchev–Trinajstić information content (AvgIpc) is 2.55. The van der Waals surface area contributed by atoms with E-state index in [1.165, 1.54) is 0 Å². The molecule has 0 saturated carbocycles. The number of hydrogen-bond donors (Lipinski definition) is 1. The summed E-state index contributed by atoms with van der Waals surface area (Å²) in [7, 11) is 0. The van der Waals surface area contributed by atoms with Gasteiger partial charge in [0.25, 0.3) is 0 Å². The predicted octanol–water partition coefficient (Wildman–Crippen LogP) is 4.40. The maximum Gasteiger partial charge on any atom is 0.178 e. The molecule has 0 aliphatic heterocycles. The molecule has 4 heteroatoms. The van der Waals surface area contributed by atoms with Crippen LogP contribution in [0.15, 0.2) is 18.2 Å². The summed E-state index contributed by atoms with van der Waals surface area (Å²) in [5.41, 5.74) is 2.15. The molecule has 0 saturated heterocycles. The van der Waals surface area contributed by atoms with Crippen molar-refractivity contribution in [2.24, 2.45) is 5.92 Å². The lowest BCUT2D eigenvalue weighted by atomic mass is 10.1. The number of aromatic nitrogens is 2. The summed E-state index contributed by atoms with van der Waals surface area (Å²) in [6.45, 7) is 5.36. The second kappa shape index (κ2) is 4.60. The number of halogens is 1. The van der Waals surface area contributed by atoms with Gasteiger partial charge in [0, 0.05) is 11.6 Å². The van der Waals surface area contributed by atoms with Crippen LogP contribution >= 0.6 is 23.8 Å². The molecule has 0 amide bonds. The zero-order valence-corrected chi connectivity index (χ0v) is 11.0. The van der Waals surface area contributed by atoms with Gasteiger partial charge in [0.15, 0.2) is 4.77 Å². The Hall–Kier alpha value is -0.800. The fraction of sp³-hybridized carbons (Fsp3) is 0.417. The van der Waals surface area contributed by atoms with E-state index in [1.807, 2.05) is 18.2 Å². The molecule has 0 spiro atoms. The van der Waals surface area contributed by atoms with Crippen molar-refractivity contribution in [3.05, 3.63) is 28.0 Å². The van der Waals surface area contributed by atoms with Gasteiger partial charge in [-0.2, -0.15) is 0 Å². The van der Waals surface area contributed by atoms with Crippen LogP contribution in [0, 0.1) is 10.7 Å². The highest BCUT2D eigenvalue weighted by Gasteiger charge is 2.07. The molecule has 0 aliphatic carbocycles. The third-order valence-corrected chi connectivity index (χ3v) is 3.49. The van der Waals surface area contributed by atoms with Gasteiger partial charge in [-0.1, -0.05) is 31.9 Å². The van der Waals surface area contributed by atoms with E-state index in [9.17, 15) is 0 Å². The molecule has 0 fully saturated rings. The van der Waals surface area contributed by atoms with E-state index in [0.717, 1.165) is 33.8 Å². The van der Waals surface area contributed by atoms with Crippen molar-refractivity contribution in [2.75, 3.05) is 0 Å². The first kappa shape index (κ1) is 11.7. The Kier molecular flexibility index (Phi) is 3.36. The summed E-state index contributed by atoms with van der Waals surface area (Å²) >= 11 is 11.3. The van der Waals surface area contributed by atoms with Crippen molar-refractivity contribution in [3.8, 4) is 0 Å². The molecule has 1 heterocycles. The van der Waals surface area contributed by atoms with E-state index < -0.39 is 0 Å². The molecule has 2 nitrogen and oxygen atoms in total. The second-order valence-corrected chi connectivity index (χ2v) is 5.04. The van der Waals surface area contributed by atoms with Crippen LogP contribution in [0.2, 0.25) is 5.02 Å². The maximum absolute atomic E-state index is 6.01. The van der Waals surface area contributed by atoms with E-state index in [1.54, 1.807) is 0 Å². The van der Waals surface area contributed by atoms with E-state index >= 15 is 0 Å². The molecule has 2 aromatic rings. The van der Waals surface area contributed by atoms with Crippen molar-refractivity contribution in [3.63, 3.8) is 0 Å². The highest BCUT2D eigenvalue weighted by molar-refractivity contribution is 7.71. The maximum atomic E-state index is 6.01. The quantitative estimate of drug-likeness (QED) is 0.806. The Labute approximate surface area is 105 Å². The van der Waals surface area contributed by atoms with Crippen molar-refractivity contribution >= 4 is 34.9 Å². The number of H-pyrrole nitrogens is 1. The molecule has 1 aromatic heterocycles. The first-order valence-corrected chi connectivity index (χ1v) is 6.28. The van der Waals surface area contributed by atoms with Gasteiger partial charge in [-0.15, -0.1) is 0 Å². The lowest BCUT2D eigenvalue weighted by molar-refractivity contribution is 0.473. The molecule has 2 rings (SSSR count). The third-order valence-electron chi connectivity index (χ3n) is 2.93. The molecule has 1 N–H and O–H groups in total. The van der Waals surface area contributed by atoms with E-state index in [4.69, 9.17) is 23.8 Å². The highest BCUT2D eigenvalue weighted by Crippen LogP contribution is 2.20. The zero-order chi connectivity index (χ0) is 11.7. The molecule has 86 valence electrons. The van der Waals surface area contributed by atoms with Crippen LogP contribution in [-0.2, 0) is 6.54 Å². The fourth-order valence-corrected chi connectivity index (χ4v) is 2.20. The Morgan fingerprint density at radius 1 is 1.50 bits per heavy atom. The lowest BCUT2D eigenvalue weighted by Gasteiger charge is -2.10. The van der Waals surface area contributed by atoms with Crippen molar-refractivity contribution in [1.82, 2.24) is 9.55 Å². The molecule has 1 unspecified atom stereocenters. The Morgan fingerprint density at radius 3 is 2.94 bits per heavy atom. The molecule has 0 aliphatic rings. The largest absolute Gasteiger partial charge is 0.331 e. The van der Waals surface area contributed by atoms with Gasteiger partial charge < -0.3 is 9.55 Å². The number of nitrogens with zero attached hydrogens (tertiary/aromatic N) is 1. The summed E-state index contributed by atoms with van der Waals surface area (Å²) in [4.78, 5) is 3.20. The summed E-state index contributed by atoms with van der Waals surface area (Å²) in [5, 5.41) is 0.749. The number of hydrogen-bond acceptors (Lipinski definition) is 1. The fourth-order valence-electron chi connectivity index (χ4n) is 1.75. The number of fused-ring (bicyclic) bond motifs is 1. The average molecular weight is 255 g/mol.